The van der Waals surface area contributed by atoms with E-state index >= 15 is 0 Å². The first kappa shape index (κ1) is 16.6. The van der Waals surface area contributed by atoms with E-state index in [1.165, 1.54) is 23.3 Å². The molecule has 4 nitrogen and oxygen atoms in total. The van der Waals surface area contributed by atoms with Crippen LogP contribution in [0.4, 0.5) is 0 Å². The van der Waals surface area contributed by atoms with Gasteiger partial charge >= 0.3 is 5.97 Å². The smallest absolute Gasteiger partial charge is 0.335 e. The van der Waals surface area contributed by atoms with Crippen molar-refractivity contribution < 1.29 is 14.3 Å². The van der Waals surface area contributed by atoms with E-state index in [0.717, 1.165) is 12.2 Å². The Morgan fingerprint density at radius 1 is 1.19 bits per heavy atom. The predicted octanol–water partition coefficient (Wildman–Crippen LogP) is 4.63. The molecule has 1 heterocycles. The Morgan fingerprint density at radius 2 is 1.96 bits per heavy atom. The summed E-state index contributed by atoms with van der Waals surface area (Å²) in [4.78, 5) is 24.1. The van der Waals surface area contributed by atoms with Crippen molar-refractivity contribution in [2.45, 2.75) is 38.5 Å². The molecule has 0 radical (unpaired) electrons. The van der Waals surface area contributed by atoms with E-state index in [9.17, 15) is 9.59 Å². The number of aryl methyl sites for hydroxylation is 1. The first-order valence-electron chi connectivity index (χ1n) is 8.89. The Labute approximate surface area is 151 Å². The van der Waals surface area contributed by atoms with Gasteiger partial charge in [-0.05, 0) is 55.0 Å². The van der Waals surface area contributed by atoms with Gasteiger partial charge < -0.3 is 9.52 Å². The molecule has 4 heteroatoms. The van der Waals surface area contributed by atoms with Crippen molar-refractivity contribution in [1.29, 1.82) is 0 Å². The standard InChI is InChI=1S/C22H20O4/c1-3-14-20(23)18-10-13(22(24)25)8-9-19(18)26-21(14)17-11-16(17)15-7-5-4-6-12(15)2/h4-10,16-17H,3,11H2,1-2H3,(H,24,25). The molecule has 132 valence electrons. The number of hydrogen-bond acceptors (Lipinski definition) is 3. The molecule has 3 aromatic rings. The summed E-state index contributed by atoms with van der Waals surface area (Å²) >= 11 is 0. The number of carboxylic acids is 1. The molecule has 1 aliphatic carbocycles. The van der Waals surface area contributed by atoms with Crippen molar-refractivity contribution >= 4 is 16.9 Å². The Kier molecular flexibility index (Phi) is 3.91. The molecule has 1 N–H and O–H groups in total. The van der Waals surface area contributed by atoms with Crippen LogP contribution >= 0.6 is 0 Å². The summed E-state index contributed by atoms with van der Waals surface area (Å²) in [6.07, 6.45) is 1.54. The van der Waals surface area contributed by atoms with Gasteiger partial charge in [-0.3, -0.25) is 4.79 Å². The van der Waals surface area contributed by atoms with Gasteiger partial charge in [0.1, 0.15) is 11.3 Å². The van der Waals surface area contributed by atoms with Crippen LogP contribution in [0.3, 0.4) is 0 Å². The van der Waals surface area contributed by atoms with E-state index in [-0.39, 0.29) is 16.9 Å². The normalized spacial score (nSPS) is 18.8. The molecule has 26 heavy (non-hydrogen) atoms. The van der Waals surface area contributed by atoms with Gasteiger partial charge in [0.05, 0.1) is 10.9 Å². The SMILES string of the molecule is CCc1c(C2CC2c2ccccc2C)oc2ccc(C(=O)O)cc2c1=O. The lowest BCUT2D eigenvalue weighted by molar-refractivity contribution is 0.0697. The molecule has 1 aromatic heterocycles. The van der Waals surface area contributed by atoms with Gasteiger partial charge in [0.15, 0.2) is 5.43 Å². The second-order valence-electron chi connectivity index (χ2n) is 6.95. The third-order valence-electron chi connectivity index (χ3n) is 5.33. The number of rotatable bonds is 4. The summed E-state index contributed by atoms with van der Waals surface area (Å²) in [5, 5.41) is 9.51. The van der Waals surface area contributed by atoms with Crippen LogP contribution < -0.4 is 5.43 Å². The van der Waals surface area contributed by atoms with Gasteiger partial charge in [0, 0.05) is 11.5 Å². The first-order valence-corrected chi connectivity index (χ1v) is 8.89. The molecule has 2 unspecified atom stereocenters. The Morgan fingerprint density at radius 3 is 2.65 bits per heavy atom. The number of aromatic carboxylic acids is 1. The molecule has 4 rings (SSSR count). The second-order valence-corrected chi connectivity index (χ2v) is 6.95. The maximum absolute atomic E-state index is 12.9. The molecule has 0 spiro atoms. The van der Waals surface area contributed by atoms with E-state index in [1.54, 1.807) is 6.07 Å². The van der Waals surface area contributed by atoms with E-state index < -0.39 is 5.97 Å². The van der Waals surface area contributed by atoms with E-state index in [1.807, 2.05) is 19.1 Å². The van der Waals surface area contributed by atoms with Crippen LogP contribution in [0, 0.1) is 6.92 Å². The molecule has 0 amide bonds. The van der Waals surface area contributed by atoms with Crippen LogP contribution in [0.15, 0.2) is 51.7 Å². The third-order valence-corrected chi connectivity index (χ3v) is 5.33. The maximum atomic E-state index is 12.9. The Hall–Kier alpha value is -2.88. The molecular formula is C22H20O4. The van der Waals surface area contributed by atoms with E-state index in [0.29, 0.717) is 28.9 Å². The molecule has 2 atom stereocenters. The molecular weight excluding hydrogens is 328 g/mol. The zero-order valence-electron chi connectivity index (χ0n) is 14.8. The largest absolute Gasteiger partial charge is 0.478 e. The van der Waals surface area contributed by atoms with Crippen molar-refractivity contribution in [3.05, 3.63) is 80.7 Å². The van der Waals surface area contributed by atoms with Crippen molar-refractivity contribution in [2.24, 2.45) is 0 Å². The molecule has 1 aliphatic rings. The monoisotopic (exact) mass is 348 g/mol. The minimum absolute atomic E-state index is 0.101. The van der Waals surface area contributed by atoms with Crippen LogP contribution in [0.25, 0.3) is 11.0 Å². The second kappa shape index (κ2) is 6.13. The van der Waals surface area contributed by atoms with Crippen LogP contribution in [-0.2, 0) is 6.42 Å². The highest BCUT2D eigenvalue weighted by Crippen LogP contribution is 2.56. The van der Waals surface area contributed by atoms with Gasteiger partial charge in [-0.15, -0.1) is 0 Å². The lowest BCUT2D eigenvalue weighted by Crippen LogP contribution is -2.13. The van der Waals surface area contributed by atoms with Crippen LogP contribution in [0.5, 0.6) is 0 Å². The van der Waals surface area contributed by atoms with E-state index in [4.69, 9.17) is 9.52 Å². The van der Waals surface area contributed by atoms with Gasteiger partial charge in [-0.1, -0.05) is 31.2 Å². The molecule has 0 saturated heterocycles. The van der Waals surface area contributed by atoms with E-state index in [2.05, 4.69) is 19.1 Å². The predicted molar refractivity (Wildman–Crippen MR) is 100 cm³/mol. The third kappa shape index (κ3) is 2.62. The quantitative estimate of drug-likeness (QED) is 0.746. The fourth-order valence-corrected chi connectivity index (χ4v) is 3.85. The highest BCUT2D eigenvalue weighted by Gasteiger charge is 2.43. The molecule has 1 fully saturated rings. The summed E-state index contributed by atoms with van der Waals surface area (Å²) in [6, 6.07) is 12.8. The van der Waals surface area contributed by atoms with Crippen LogP contribution in [0.2, 0.25) is 0 Å². The average molecular weight is 348 g/mol. The zero-order chi connectivity index (χ0) is 18.4. The average Bonchev–Trinajstić information content (AvgIpc) is 3.42. The number of carboxylic acid groups (broad SMARTS) is 1. The lowest BCUT2D eigenvalue weighted by Gasteiger charge is -2.10. The van der Waals surface area contributed by atoms with Gasteiger partial charge in [-0.25, -0.2) is 4.79 Å². The van der Waals surface area contributed by atoms with Crippen molar-refractivity contribution in [1.82, 2.24) is 0 Å². The molecule has 0 bridgehead atoms. The van der Waals surface area contributed by atoms with Gasteiger partial charge in [-0.2, -0.15) is 0 Å². The summed E-state index contributed by atoms with van der Waals surface area (Å²) in [5.74, 6) is 0.305. The van der Waals surface area contributed by atoms with Crippen molar-refractivity contribution in [3.8, 4) is 0 Å². The van der Waals surface area contributed by atoms with Crippen molar-refractivity contribution in [3.63, 3.8) is 0 Å². The minimum Gasteiger partial charge on any atom is -0.478 e. The number of hydrogen-bond donors (Lipinski definition) is 1. The molecule has 0 aliphatic heterocycles. The first-order chi connectivity index (χ1) is 12.5. The molecule has 1 saturated carbocycles. The number of fused-ring (bicyclic) bond motifs is 1. The van der Waals surface area contributed by atoms with Gasteiger partial charge in [0.25, 0.3) is 0 Å². The number of benzene rings is 2. The summed E-state index contributed by atoms with van der Waals surface area (Å²) in [7, 11) is 0. The molecule has 2 aromatic carbocycles. The fraction of sp³-hybridized carbons (Fsp3) is 0.273. The van der Waals surface area contributed by atoms with Crippen LogP contribution in [0.1, 0.15) is 58.0 Å². The topological polar surface area (TPSA) is 67.5 Å². The summed E-state index contributed by atoms with van der Waals surface area (Å²) in [6.45, 7) is 4.04. The Bertz CT molecular complexity index is 1080. The Balaban J connectivity index is 1.82. The lowest BCUT2D eigenvalue weighted by atomic mass is 9.99. The summed E-state index contributed by atoms with van der Waals surface area (Å²) < 4.78 is 6.12. The van der Waals surface area contributed by atoms with Crippen LogP contribution in [-0.4, -0.2) is 11.1 Å². The van der Waals surface area contributed by atoms with Crippen molar-refractivity contribution in [2.75, 3.05) is 0 Å². The summed E-state index contributed by atoms with van der Waals surface area (Å²) in [5.41, 5.74) is 3.69. The van der Waals surface area contributed by atoms with Gasteiger partial charge in [0.2, 0.25) is 0 Å². The number of carbonyl (C=O) groups is 1. The minimum atomic E-state index is -1.05. The zero-order valence-corrected chi connectivity index (χ0v) is 14.8. The highest BCUT2D eigenvalue weighted by atomic mass is 16.4. The highest BCUT2D eigenvalue weighted by molar-refractivity contribution is 5.92. The fourth-order valence-electron chi connectivity index (χ4n) is 3.85. The maximum Gasteiger partial charge on any atom is 0.335 e.